The number of nitrogens with zero attached hydrogens (tertiary/aromatic N) is 3. The van der Waals surface area contributed by atoms with Crippen LogP contribution in [0.3, 0.4) is 0 Å². The molecule has 0 aromatic heterocycles. The van der Waals surface area contributed by atoms with Crippen LogP contribution in [0.1, 0.15) is 6.42 Å². The molecule has 8 heteroatoms. The molecule has 0 fully saturated rings. The van der Waals surface area contributed by atoms with Crippen LogP contribution in [0.25, 0.3) is 0 Å². The first-order valence-electron chi connectivity index (χ1n) is 5.47. The van der Waals surface area contributed by atoms with E-state index in [4.69, 9.17) is 5.16 Å². The molecule has 19 heavy (non-hydrogen) atoms. The molecule has 0 aromatic rings. The molecule has 111 valence electrons. The normalized spacial score (nSPS) is 13.7. The van der Waals surface area contributed by atoms with Gasteiger partial charge in [-0.25, -0.2) is 0 Å². The number of hydrogen-bond donors (Lipinski definition) is 1. The summed E-state index contributed by atoms with van der Waals surface area (Å²) in [5.41, 5.74) is 0. The van der Waals surface area contributed by atoms with Gasteiger partial charge in [-0.05, 0) is 42.3 Å². The fraction of sp³-hybridized carbons (Fsp3) is 0.636. The quantitative estimate of drug-likeness (QED) is 0.420. The van der Waals surface area contributed by atoms with Crippen molar-refractivity contribution in [3.05, 3.63) is 22.1 Å². The van der Waals surface area contributed by atoms with E-state index in [-0.39, 0.29) is 24.8 Å². The molecule has 0 aromatic carbocycles. The first-order valence-corrected chi connectivity index (χ1v) is 7.90. The van der Waals surface area contributed by atoms with Crippen molar-refractivity contribution in [2.24, 2.45) is 0 Å². The fourth-order valence-electron chi connectivity index (χ4n) is 1.52. The zero-order valence-electron chi connectivity index (χ0n) is 12.5. The van der Waals surface area contributed by atoms with Crippen LogP contribution < -0.4 is 24.8 Å². The molecule has 0 amide bonds. The van der Waals surface area contributed by atoms with E-state index in [1.165, 1.54) is 10.3 Å². The van der Waals surface area contributed by atoms with Crippen molar-refractivity contribution in [2.75, 3.05) is 42.3 Å². The second kappa shape index (κ2) is 11.5. The number of rotatable bonds is 3. The van der Waals surface area contributed by atoms with Crippen molar-refractivity contribution in [3.63, 3.8) is 0 Å². The summed E-state index contributed by atoms with van der Waals surface area (Å²) in [6.45, 7) is 0. The third-order valence-corrected chi connectivity index (χ3v) is 6.37. The van der Waals surface area contributed by atoms with Crippen LogP contribution in [0.5, 0.6) is 0 Å². The monoisotopic (exact) mass is 361 g/mol. The zero-order valence-corrected chi connectivity index (χ0v) is 16.5. The Kier molecular flexibility index (Phi) is 15.1. The van der Waals surface area contributed by atoms with Crippen LogP contribution in [0, 0.1) is 5.16 Å². The summed E-state index contributed by atoms with van der Waals surface area (Å²) in [5, 5.41) is 8.17. The van der Waals surface area contributed by atoms with Crippen molar-refractivity contribution in [1.29, 1.82) is 5.16 Å². The van der Waals surface area contributed by atoms with Gasteiger partial charge in [-0.2, -0.15) is 0 Å². The van der Waals surface area contributed by atoms with Crippen molar-refractivity contribution in [2.45, 2.75) is 6.42 Å². The van der Waals surface area contributed by atoms with Crippen LogP contribution in [-0.2, 0) is 20.4 Å². The Morgan fingerprint density at radius 2 is 1.37 bits per heavy atom. The van der Waals surface area contributed by atoms with Crippen LogP contribution >= 0.6 is 7.51 Å². The van der Waals surface area contributed by atoms with Crippen molar-refractivity contribution >= 4 is 7.51 Å². The first-order chi connectivity index (χ1) is 7.72. The van der Waals surface area contributed by atoms with E-state index < -0.39 is 7.51 Å². The molecule has 0 heterocycles. The van der Waals surface area contributed by atoms with Gasteiger partial charge in [-0.15, -0.1) is 0 Å². The van der Waals surface area contributed by atoms with Gasteiger partial charge < -0.3 is 24.8 Å². The minimum absolute atomic E-state index is 0. The van der Waals surface area contributed by atoms with Gasteiger partial charge in [0.2, 0.25) is 0 Å². The molecular weight excluding hydrogens is 338 g/mol. The Morgan fingerprint density at radius 1 is 1.00 bits per heavy atom. The molecule has 0 bridgehead atoms. The fourth-order valence-corrected chi connectivity index (χ4v) is 4.00. The molecule has 0 radical (unpaired) electrons. The molecule has 0 aliphatic heterocycles. The van der Waals surface area contributed by atoms with E-state index >= 15 is 0 Å². The van der Waals surface area contributed by atoms with Gasteiger partial charge >= 0.3 is 49.0 Å². The minimum atomic E-state index is -1.94. The molecule has 0 unspecified atom stereocenters. The molecular formula is C11H24Cl2N4PTi. The third kappa shape index (κ3) is 8.04. The van der Waals surface area contributed by atoms with Crippen molar-refractivity contribution in [1.82, 2.24) is 14.0 Å². The molecule has 1 rings (SSSR count). The summed E-state index contributed by atoms with van der Waals surface area (Å²) < 4.78 is 7.36. The Hall–Kier alpha value is 0.884. The summed E-state index contributed by atoms with van der Waals surface area (Å²) in [6, 6.07) is 0. The summed E-state index contributed by atoms with van der Waals surface area (Å²) in [6.07, 6.45) is 7.56. The molecule has 0 atom stereocenters. The molecule has 0 spiro atoms. The standard InChI is InChI=1S/C6H19N4P.C5H5.2ClH.Ti/c1-8(2)11(7,9(3)4)10(5)6;1-2-4-5-3-1;;;/h7H,1-6H3;1-3H,4H2;2*1H;/q;;;;+2/p-2. The van der Waals surface area contributed by atoms with Crippen LogP contribution in [0.2, 0.25) is 0 Å². The molecule has 4 nitrogen and oxygen atoms in total. The Balaban J connectivity index is -0.000000274. The van der Waals surface area contributed by atoms with Gasteiger partial charge in [0.1, 0.15) is 0 Å². The molecule has 0 saturated carbocycles. The molecule has 1 N–H and O–H groups in total. The molecule has 0 saturated heterocycles. The number of halogens is 2. The van der Waals surface area contributed by atoms with Crippen molar-refractivity contribution in [3.8, 4) is 0 Å². The average Bonchev–Trinajstić information content (AvgIpc) is 2.67. The third-order valence-electron chi connectivity index (χ3n) is 2.44. The Bertz CT molecular complexity index is 315. The number of hydrogen-bond acceptors (Lipinski definition) is 1. The topological polar surface area (TPSA) is 33.6 Å². The second-order valence-corrected chi connectivity index (χ2v) is 8.97. The SMILES string of the molecule is CN(C)P(=N)(N(C)C)N(C)C.[Cl-].[Cl-].[Ti+2][C]1=CC=CC1. The van der Waals surface area contributed by atoms with Crippen molar-refractivity contribution < 1.29 is 45.2 Å². The maximum atomic E-state index is 8.17. The van der Waals surface area contributed by atoms with E-state index in [2.05, 4.69) is 38.7 Å². The van der Waals surface area contributed by atoms with Gasteiger partial charge in [0.25, 0.3) is 0 Å². The zero-order chi connectivity index (χ0) is 13.6. The van der Waals surface area contributed by atoms with Gasteiger partial charge in [-0.3, -0.25) is 19.2 Å². The van der Waals surface area contributed by atoms with E-state index in [9.17, 15) is 0 Å². The van der Waals surface area contributed by atoms with E-state index in [0.717, 1.165) is 0 Å². The van der Waals surface area contributed by atoms with Gasteiger partial charge in [0.05, 0.1) is 0 Å². The van der Waals surface area contributed by atoms with Gasteiger partial charge in [-0.1, -0.05) is 0 Å². The predicted octanol–water partition coefficient (Wildman–Crippen LogP) is -3.42. The predicted molar refractivity (Wildman–Crippen MR) is 72.5 cm³/mol. The van der Waals surface area contributed by atoms with E-state index in [1.54, 1.807) is 0 Å². The molecule has 1 aliphatic carbocycles. The first kappa shape index (κ1) is 24.9. The Morgan fingerprint density at radius 3 is 1.42 bits per heavy atom. The Labute approximate surface area is 142 Å². The number of nitrogens with one attached hydrogen (secondary N) is 1. The van der Waals surface area contributed by atoms with Crippen LogP contribution in [-0.4, -0.2) is 56.3 Å². The second-order valence-electron chi connectivity index (χ2n) is 4.43. The average molecular weight is 362 g/mol. The summed E-state index contributed by atoms with van der Waals surface area (Å²) >= 11 is 2.14. The summed E-state index contributed by atoms with van der Waals surface area (Å²) in [4.78, 5) is 0. The maximum absolute atomic E-state index is 8.17. The molecule has 1 aliphatic rings. The number of allylic oxidation sites excluding steroid dienone is 4. The van der Waals surface area contributed by atoms with E-state index in [1.807, 2.05) is 56.3 Å². The van der Waals surface area contributed by atoms with Gasteiger partial charge in [0.15, 0.2) is 7.51 Å². The van der Waals surface area contributed by atoms with E-state index in [0.29, 0.717) is 0 Å². The van der Waals surface area contributed by atoms with Crippen LogP contribution in [0.15, 0.2) is 22.1 Å². The van der Waals surface area contributed by atoms with Crippen LogP contribution in [0.4, 0.5) is 0 Å². The summed E-state index contributed by atoms with van der Waals surface area (Å²) in [5.74, 6) is 0. The summed E-state index contributed by atoms with van der Waals surface area (Å²) in [7, 11) is 9.74. The van der Waals surface area contributed by atoms with Gasteiger partial charge in [0, 0.05) is 0 Å².